The first-order valence-electron chi connectivity index (χ1n) is 6.56. The van der Waals surface area contributed by atoms with Crippen molar-refractivity contribution in [1.82, 2.24) is 4.90 Å². The Balaban J connectivity index is 2.01. The van der Waals surface area contributed by atoms with Crippen molar-refractivity contribution in [3.05, 3.63) is 29.8 Å². The van der Waals surface area contributed by atoms with E-state index in [0.29, 0.717) is 13.2 Å². The first-order chi connectivity index (χ1) is 9.22. The van der Waals surface area contributed by atoms with E-state index in [0.717, 1.165) is 17.7 Å². The van der Waals surface area contributed by atoms with Gasteiger partial charge in [-0.3, -0.25) is 0 Å². The van der Waals surface area contributed by atoms with Gasteiger partial charge in [0.1, 0.15) is 0 Å². The average molecular weight is 262 g/mol. The van der Waals surface area contributed by atoms with Gasteiger partial charge in [0.25, 0.3) is 0 Å². The van der Waals surface area contributed by atoms with E-state index in [4.69, 9.17) is 4.74 Å². The highest BCUT2D eigenvalue weighted by atomic mass is 16.5. The van der Waals surface area contributed by atoms with Crippen molar-refractivity contribution in [2.45, 2.75) is 18.5 Å². The van der Waals surface area contributed by atoms with E-state index in [1.165, 1.54) is 0 Å². The van der Waals surface area contributed by atoms with Crippen LogP contribution < -0.4 is 5.32 Å². The summed E-state index contributed by atoms with van der Waals surface area (Å²) in [6.07, 6.45) is 0.0483. The highest BCUT2D eigenvalue weighted by Gasteiger charge is 2.45. The summed E-state index contributed by atoms with van der Waals surface area (Å²) in [6, 6.07) is 8.09. The second kappa shape index (κ2) is 4.74. The Kier molecular flexibility index (Phi) is 3.06. The zero-order valence-corrected chi connectivity index (χ0v) is 10.9. The van der Waals surface area contributed by atoms with Gasteiger partial charge in [-0.15, -0.1) is 0 Å². The zero-order valence-electron chi connectivity index (χ0n) is 10.9. The standard InChI is InChI=1S/C14H18N2O3/c1-19-8-12-10-6-7-16(14(17)18)13(10)9-4-2-3-5-11(9)15-12/h2-5,10,12-13,15H,6-8H2,1H3,(H,17,18). The number of fused-ring (bicyclic) bond motifs is 3. The fourth-order valence-electron chi connectivity index (χ4n) is 3.39. The van der Waals surface area contributed by atoms with Crippen LogP contribution in [0.5, 0.6) is 0 Å². The van der Waals surface area contributed by atoms with Crippen molar-refractivity contribution in [2.24, 2.45) is 5.92 Å². The van der Waals surface area contributed by atoms with E-state index in [1.54, 1.807) is 12.0 Å². The van der Waals surface area contributed by atoms with Gasteiger partial charge in [0.05, 0.1) is 18.7 Å². The molecule has 2 aliphatic heterocycles. The molecule has 2 aliphatic rings. The monoisotopic (exact) mass is 262 g/mol. The number of hydrogen-bond acceptors (Lipinski definition) is 3. The molecule has 1 aromatic rings. The Morgan fingerprint density at radius 1 is 1.53 bits per heavy atom. The van der Waals surface area contributed by atoms with Gasteiger partial charge < -0.3 is 20.1 Å². The first kappa shape index (κ1) is 12.3. The van der Waals surface area contributed by atoms with Crippen molar-refractivity contribution < 1.29 is 14.6 Å². The van der Waals surface area contributed by atoms with Gasteiger partial charge in [0.15, 0.2) is 0 Å². The van der Waals surface area contributed by atoms with E-state index in [2.05, 4.69) is 5.32 Å². The first-order valence-corrected chi connectivity index (χ1v) is 6.56. The molecule has 5 heteroatoms. The Morgan fingerprint density at radius 3 is 3.05 bits per heavy atom. The number of amides is 1. The van der Waals surface area contributed by atoms with Gasteiger partial charge in [-0.1, -0.05) is 18.2 Å². The smallest absolute Gasteiger partial charge is 0.407 e. The van der Waals surface area contributed by atoms with Crippen molar-refractivity contribution in [2.75, 3.05) is 25.6 Å². The van der Waals surface area contributed by atoms with Crippen LogP contribution in [-0.4, -0.2) is 42.4 Å². The van der Waals surface area contributed by atoms with Crippen molar-refractivity contribution in [3.8, 4) is 0 Å². The molecule has 3 unspecified atom stereocenters. The number of likely N-dealkylation sites (tertiary alicyclic amines) is 1. The third-order valence-electron chi connectivity index (χ3n) is 4.17. The molecule has 0 aliphatic carbocycles. The number of hydrogen-bond donors (Lipinski definition) is 2. The lowest BCUT2D eigenvalue weighted by atomic mass is 9.83. The second-order valence-corrected chi connectivity index (χ2v) is 5.17. The van der Waals surface area contributed by atoms with E-state index in [9.17, 15) is 9.90 Å². The number of benzene rings is 1. The molecule has 102 valence electrons. The molecule has 5 nitrogen and oxygen atoms in total. The highest BCUT2D eigenvalue weighted by molar-refractivity contribution is 5.68. The number of carbonyl (C=O) groups is 1. The van der Waals surface area contributed by atoms with Crippen LogP contribution in [0.1, 0.15) is 18.0 Å². The zero-order chi connectivity index (χ0) is 13.4. The minimum Gasteiger partial charge on any atom is -0.465 e. The van der Waals surface area contributed by atoms with Crippen LogP contribution in [0, 0.1) is 5.92 Å². The van der Waals surface area contributed by atoms with Gasteiger partial charge in [0, 0.05) is 25.3 Å². The average Bonchev–Trinajstić information content (AvgIpc) is 2.84. The Morgan fingerprint density at radius 2 is 2.32 bits per heavy atom. The normalized spacial score (nSPS) is 28.5. The van der Waals surface area contributed by atoms with E-state index < -0.39 is 6.09 Å². The van der Waals surface area contributed by atoms with Crippen LogP contribution in [0.25, 0.3) is 0 Å². The largest absolute Gasteiger partial charge is 0.465 e. The molecule has 0 radical (unpaired) electrons. The molecule has 0 spiro atoms. The second-order valence-electron chi connectivity index (χ2n) is 5.17. The molecule has 0 bridgehead atoms. The summed E-state index contributed by atoms with van der Waals surface area (Å²) in [5, 5.41) is 12.9. The van der Waals surface area contributed by atoms with E-state index >= 15 is 0 Å². The molecule has 1 saturated heterocycles. The summed E-state index contributed by atoms with van der Waals surface area (Å²) < 4.78 is 5.27. The Labute approximate surface area is 112 Å². The minimum absolute atomic E-state index is 0.0462. The van der Waals surface area contributed by atoms with Crippen LogP contribution in [0.3, 0.4) is 0 Å². The third-order valence-corrected chi connectivity index (χ3v) is 4.17. The predicted octanol–water partition coefficient (Wildman–Crippen LogP) is 2.17. The molecule has 19 heavy (non-hydrogen) atoms. The molecule has 0 saturated carbocycles. The van der Waals surface area contributed by atoms with Crippen LogP contribution in [0.4, 0.5) is 10.5 Å². The molecule has 1 amide bonds. The summed E-state index contributed by atoms with van der Waals surface area (Å²) in [5.74, 6) is 0.283. The summed E-state index contributed by atoms with van der Waals surface area (Å²) in [5.41, 5.74) is 2.11. The lowest BCUT2D eigenvalue weighted by Gasteiger charge is -2.38. The summed E-state index contributed by atoms with van der Waals surface area (Å²) in [4.78, 5) is 13.0. The Bertz CT molecular complexity index is 491. The number of nitrogens with one attached hydrogen (secondary N) is 1. The number of nitrogens with zero attached hydrogens (tertiary/aromatic N) is 1. The maximum Gasteiger partial charge on any atom is 0.407 e. The number of carboxylic acid groups (broad SMARTS) is 1. The molecule has 1 fully saturated rings. The number of para-hydroxylation sites is 1. The molecule has 2 N–H and O–H groups in total. The summed E-state index contributed by atoms with van der Waals surface area (Å²) in [6.45, 7) is 1.20. The maximum atomic E-state index is 11.4. The van der Waals surface area contributed by atoms with E-state index in [1.807, 2.05) is 24.3 Å². The SMILES string of the molecule is COCC1Nc2ccccc2C2C1CCN2C(=O)O. The van der Waals surface area contributed by atoms with Gasteiger partial charge >= 0.3 is 6.09 Å². The molecular weight excluding hydrogens is 244 g/mol. The maximum absolute atomic E-state index is 11.4. The van der Waals surface area contributed by atoms with Crippen molar-refractivity contribution >= 4 is 11.8 Å². The van der Waals surface area contributed by atoms with Crippen LogP contribution in [0.15, 0.2) is 24.3 Å². The lowest BCUT2D eigenvalue weighted by Crippen LogP contribution is -2.42. The van der Waals surface area contributed by atoms with Crippen LogP contribution >= 0.6 is 0 Å². The fraction of sp³-hybridized carbons (Fsp3) is 0.500. The molecule has 0 aromatic heterocycles. The topological polar surface area (TPSA) is 61.8 Å². The van der Waals surface area contributed by atoms with Crippen molar-refractivity contribution in [3.63, 3.8) is 0 Å². The summed E-state index contributed by atoms with van der Waals surface area (Å²) in [7, 11) is 1.68. The minimum atomic E-state index is -0.833. The number of ether oxygens (including phenoxy) is 1. The van der Waals surface area contributed by atoms with E-state index in [-0.39, 0.29) is 18.0 Å². The third kappa shape index (κ3) is 1.94. The lowest BCUT2D eigenvalue weighted by molar-refractivity contribution is 0.119. The molecular formula is C14H18N2O3. The van der Waals surface area contributed by atoms with Gasteiger partial charge in [0.2, 0.25) is 0 Å². The van der Waals surface area contributed by atoms with Gasteiger partial charge in [-0.05, 0) is 18.1 Å². The Hall–Kier alpha value is -1.75. The van der Waals surface area contributed by atoms with Crippen LogP contribution in [-0.2, 0) is 4.74 Å². The predicted molar refractivity (Wildman–Crippen MR) is 71.3 cm³/mol. The quantitative estimate of drug-likeness (QED) is 0.857. The molecule has 3 rings (SSSR count). The molecule has 1 aromatic carbocycles. The number of anilines is 1. The number of methoxy groups -OCH3 is 1. The van der Waals surface area contributed by atoms with Crippen LogP contribution in [0.2, 0.25) is 0 Å². The molecule has 2 heterocycles. The van der Waals surface area contributed by atoms with Crippen molar-refractivity contribution in [1.29, 1.82) is 0 Å². The molecule has 3 atom stereocenters. The van der Waals surface area contributed by atoms with Gasteiger partial charge in [-0.2, -0.15) is 0 Å². The highest BCUT2D eigenvalue weighted by Crippen LogP contribution is 2.46. The fourth-order valence-corrected chi connectivity index (χ4v) is 3.39. The summed E-state index contributed by atoms with van der Waals surface area (Å²) >= 11 is 0. The number of rotatable bonds is 2. The van der Waals surface area contributed by atoms with Gasteiger partial charge in [-0.25, -0.2) is 4.79 Å².